The highest BCUT2D eigenvalue weighted by atomic mass is 79.9. The molecule has 1 heterocycles. The van der Waals surface area contributed by atoms with Crippen molar-refractivity contribution in [1.82, 2.24) is 9.97 Å². The molecular weight excluding hydrogens is 252 g/mol. The fraction of sp³-hybridized carbons (Fsp3) is 0.667. The summed E-state index contributed by atoms with van der Waals surface area (Å²) in [5.41, 5.74) is 1.13. The first-order chi connectivity index (χ1) is 7.20. The molecule has 2 nitrogen and oxygen atoms in total. The molecule has 0 bridgehead atoms. The predicted molar refractivity (Wildman–Crippen MR) is 66.7 cm³/mol. The van der Waals surface area contributed by atoms with Crippen LogP contribution in [0.4, 0.5) is 0 Å². The summed E-state index contributed by atoms with van der Waals surface area (Å²) in [6.07, 6.45) is 9.69. The minimum absolute atomic E-state index is 0.829. The van der Waals surface area contributed by atoms with Crippen LogP contribution in [0.15, 0.2) is 17.0 Å². The molecule has 15 heavy (non-hydrogen) atoms. The SMILES string of the molecule is CC(C)CCCCCc1ncncc1Br. The van der Waals surface area contributed by atoms with Crippen molar-refractivity contribution in [3.8, 4) is 0 Å². The average molecular weight is 271 g/mol. The fourth-order valence-corrected chi connectivity index (χ4v) is 1.96. The van der Waals surface area contributed by atoms with E-state index in [1.165, 1.54) is 25.7 Å². The van der Waals surface area contributed by atoms with E-state index >= 15 is 0 Å². The van der Waals surface area contributed by atoms with Crippen LogP contribution in [0.5, 0.6) is 0 Å². The molecule has 0 atom stereocenters. The van der Waals surface area contributed by atoms with Gasteiger partial charge in [-0.05, 0) is 34.7 Å². The van der Waals surface area contributed by atoms with E-state index in [2.05, 4.69) is 39.7 Å². The summed E-state index contributed by atoms with van der Waals surface area (Å²) >= 11 is 3.46. The molecule has 0 aliphatic rings. The number of rotatable bonds is 6. The molecule has 3 heteroatoms. The van der Waals surface area contributed by atoms with E-state index in [9.17, 15) is 0 Å². The molecule has 0 fully saturated rings. The molecule has 0 aliphatic heterocycles. The first-order valence-electron chi connectivity index (χ1n) is 5.64. The highest BCUT2D eigenvalue weighted by molar-refractivity contribution is 9.10. The molecule has 0 N–H and O–H groups in total. The fourth-order valence-electron chi connectivity index (χ4n) is 1.54. The summed E-state index contributed by atoms with van der Waals surface area (Å²) in [5.74, 6) is 0.829. The Labute approximate surface area is 101 Å². The number of hydrogen-bond acceptors (Lipinski definition) is 2. The maximum Gasteiger partial charge on any atom is 0.115 e. The zero-order valence-electron chi connectivity index (χ0n) is 9.54. The van der Waals surface area contributed by atoms with Crippen LogP contribution in [0.1, 0.15) is 45.2 Å². The zero-order chi connectivity index (χ0) is 11.1. The summed E-state index contributed by atoms with van der Waals surface area (Å²) in [6.45, 7) is 4.56. The Kier molecular flexibility index (Phi) is 5.84. The number of hydrogen-bond donors (Lipinski definition) is 0. The van der Waals surface area contributed by atoms with Gasteiger partial charge in [0.25, 0.3) is 0 Å². The van der Waals surface area contributed by atoms with Crippen LogP contribution in [0.25, 0.3) is 0 Å². The van der Waals surface area contributed by atoms with E-state index in [0.29, 0.717) is 0 Å². The first kappa shape index (κ1) is 12.6. The van der Waals surface area contributed by atoms with E-state index in [-0.39, 0.29) is 0 Å². The predicted octanol–water partition coefficient (Wildman–Crippen LogP) is 4.00. The Morgan fingerprint density at radius 1 is 1.27 bits per heavy atom. The van der Waals surface area contributed by atoms with Gasteiger partial charge in [-0.15, -0.1) is 0 Å². The maximum absolute atomic E-state index is 4.25. The summed E-state index contributed by atoms with van der Waals surface area (Å²) in [7, 11) is 0. The minimum Gasteiger partial charge on any atom is -0.244 e. The standard InChI is InChI=1S/C12H19BrN2/c1-10(2)6-4-3-5-7-12-11(13)8-14-9-15-12/h8-10H,3-7H2,1-2H3. The van der Waals surface area contributed by atoms with Crippen molar-refractivity contribution in [1.29, 1.82) is 0 Å². The monoisotopic (exact) mass is 270 g/mol. The topological polar surface area (TPSA) is 25.8 Å². The van der Waals surface area contributed by atoms with E-state index in [1.54, 1.807) is 6.33 Å². The van der Waals surface area contributed by atoms with Gasteiger partial charge < -0.3 is 0 Å². The lowest BCUT2D eigenvalue weighted by atomic mass is 10.0. The highest BCUT2D eigenvalue weighted by Crippen LogP contribution is 2.15. The third kappa shape index (κ3) is 5.26. The van der Waals surface area contributed by atoms with E-state index in [1.807, 2.05) is 6.20 Å². The smallest absolute Gasteiger partial charge is 0.115 e. The molecule has 1 aromatic rings. The molecule has 0 aromatic carbocycles. The molecule has 0 spiro atoms. The summed E-state index contributed by atoms with van der Waals surface area (Å²) in [6, 6.07) is 0. The molecule has 0 unspecified atom stereocenters. The third-order valence-electron chi connectivity index (χ3n) is 2.44. The van der Waals surface area contributed by atoms with Crippen LogP contribution in [0, 0.1) is 5.92 Å². The van der Waals surface area contributed by atoms with Crippen molar-refractivity contribution in [2.24, 2.45) is 5.92 Å². The Morgan fingerprint density at radius 2 is 2.07 bits per heavy atom. The van der Waals surface area contributed by atoms with Crippen molar-refractivity contribution < 1.29 is 0 Å². The van der Waals surface area contributed by atoms with Crippen molar-refractivity contribution in [3.63, 3.8) is 0 Å². The normalized spacial score (nSPS) is 10.9. The number of aryl methyl sites for hydroxylation is 1. The van der Waals surface area contributed by atoms with E-state index in [4.69, 9.17) is 0 Å². The zero-order valence-corrected chi connectivity index (χ0v) is 11.1. The van der Waals surface area contributed by atoms with Gasteiger partial charge in [-0.25, -0.2) is 9.97 Å². The van der Waals surface area contributed by atoms with Crippen LogP contribution in [0.2, 0.25) is 0 Å². The number of aromatic nitrogens is 2. The second-order valence-electron chi connectivity index (χ2n) is 4.31. The van der Waals surface area contributed by atoms with Crippen molar-refractivity contribution >= 4 is 15.9 Å². The van der Waals surface area contributed by atoms with E-state index < -0.39 is 0 Å². The van der Waals surface area contributed by atoms with Gasteiger partial charge in [0, 0.05) is 6.20 Å². The minimum atomic E-state index is 0.829. The number of unbranched alkanes of at least 4 members (excludes halogenated alkanes) is 2. The van der Waals surface area contributed by atoms with Crippen LogP contribution < -0.4 is 0 Å². The summed E-state index contributed by atoms with van der Waals surface area (Å²) in [4.78, 5) is 8.21. The Hall–Kier alpha value is -0.440. The average Bonchev–Trinajstić information content (AvgIpc) is 2.20. The molecule has 0 saturated heterocycles. The third-order valence-corrected chi connectivity index (χ3v) is 3.10. The lowest BCUT2D eigenvalue weighted by Crippen LogP contribution is -1.93. The molecule has 0 radical (unpaired) electrons. The van der Waals surface area contributed by atoms with Gasteiger partial charge in [0.05, 0.1) is 10.2 Å². The summed E-state index contributed by atoms with van der Waals surface area (Å²) < 4.78 is 1.04. The van der Waals surface area contributed by atoms with E-state index in [0.717, 1.165) is 22.5 Å². The van der Waals surface area contributed by atoms with Gasteiger partial charge in [0.2, 0.25) is 0 Å². The van der Waals surface area contributed by atoms with Gasteiger partial charge in [0.1, 0.15) is 6.33 Å². The van der Waals surface area contributed by atoms with Crippen LogP contribution in [-0.2, 0) is 6.42 Å². The highest BCUT2D eigenvalue weighted by Gasteiger charge is 2.00. The molecule has 0 saturated carbocycles. The molecule has 0 amide bonds. The molecule has 84 valence electrons. The van der Waals surface area contributed by atoms with Gasteiger partial charge >= 0.3 is 0 Å². The molecular formula is C12H19BrN2. The second kappa shape index (κ2) is 6.94. The van der Waals surface area contributed by atoms with Gasteiger partial charge in [-0.2, -0.15) is 0 Å². The van der Waals surface area contributed by atoms with Crippen LogP contribution in [-0.4, -0.2) is 9.97 Å². The van der Waals surface area contributed by atoms with Crippen molar-refractivity contribution in [2.45, 2.75) is 46.0 Å². The maximum atomic E-state index is 4.25. The van der Waals surface area contributed by atoms with Crippen LogP contribution >= 0.6 is 15.9 Å². The molecule has 1 aromatic heterocycles. The summed E-state index contributed by atoms with van der Waals surface area (Å²) in [5, 5.41) is 0. The van der Waals surface area contributed by atoms with Gasteiger partial charge in [-0.1, -0.05) is 33.1 Å². The van der Waals surface area contributed by atoms with Crippen LogP contribution in [0.3, 0.4) is 0 Å². The largest absolute Gasteiger partial charge is 0.244 e. The van der Waals surface area contributed by atoms with Gasteiger partial charge in [0.15, 0.2) is 0 Å². The number of nitrogens with zero attached hydrogens (tertiary/aromatic N) is 2. The van der Waals surface area contributed by atoms with Gasteiger partial charge in [-0.3, -0.25) is 0 Å². The quantitative estimate of drug-likeness (QED) is 0.731. The first-order valence-corrected chi connectivity index (χ1v) is 6.44. The molecule has 1 rings (SSSR count). The Morgan fingerprint density at radius 3 is 2.73 bits per heavy atom. The Bertz CT molecular complexity index is 287. The lowest BCUT2D eigenvalue weighted by molar-refractivity contribution is 0.526. The molecule has 0 aliphatic carbocycles. The number of halogens is 1. The van der Waals surface area contributed by atoms with Crippen molar-refractivity contribution in [3.05, 3.63) is 22.7 Å². The second-order valence-corrected chi connectivity index (χ2v) is 5.16. The van der Waals surface area contributed by atoms with Crippen molar-refractivity contribution in [2.75, 3.05) is 0 Å². The Balaban J connectivity index is 2.18. The lowest BCUT2D eigenvalue weighted by Gasteiger charge is -2.04.